The molecule has 1 aromatic carbocycles. The van der Waals surface area contributed by atoms with Crippen LogP contribution in [-0.2, 0) is 4.79 Å². The van der Waals surface area contributed by atoms with Gasteiger partial charge in [0.2, 0.25) is 0 Å². The lowest BCUT2D eigenvalue weighted by molar-refractivity contribution is -0.149. The zero-order chi connectivity index (χ0) is 15.3. The lowest BCUT2D eigenvalue weighted by atomic mass is 9.80. The van der Waals surface area contributed by atoms with Crippen LogP contribution in [0.15, 0.2) is 24.3 Å². The molecule has 0 aromatic heterocycles. The molecule has 0 unspecified atom stereocenters. The van der Waals surface area contributed by atoms with E-state index in [4.69, 9.17) is 5.73 Å². The standard InChI is InChI=1S/C16H22N2O3/c17-13-7-5-12(6-8-13)14(19)18-11-16(15(20)21)9-3-1-2-4-10-16/h5-8H,1-4,9-11,17H2,(H,18,19)(H,20,21). The van der Waals surface area contributed by atoms with Crippen molar-refractivity contribution in [3.8, 4) is 0 Å². The molecular formula is C16H22N2O3. The van der Waals surface area contributed by atoms with Gasteiger partial charge < -0.3 is 16.2 Å². The third-order valence-electron chi connectivity index (χ3n) is 4.27. The SMILES string of the molecule is Nc1ccc(C(=O)NCC2(C(=O)O)CCCCCC2)cc1. The maximum Gasteiger partial charge on any atom is 0.311 e. The molecule has 114 valence electrons. The number of anilines is 1. The Kier molecular flexibility index (Phi) is 4.83. The number of nitrogens with one attached hydrogen (secondary N) is 1. The van der Waals surface area contributed by atoms with E-state index in [1.807, 2.05) is 0 Å². The molecule has 5 nitrogen and oxygen atoms in total. The molecule has 0 radical (unpaired) electrons. The van der Waals surface area contributed by atoms with Crippen LogP contribution in [0.4, 0.5) is 5.69 Å². The summed E-state index contributed by atoms with van der Waals surface area (Å²) in [6.45, 7) is 0.186. The lowest BCUT2D eigenvalue weighted by Crippen LogP contribution is -2.42. The summed E-state index contributed by atoms with van der Waals surface area (Å²) in [6.07, 6.45) is 5.21. The van der Waals surface area contributed by atoms with E-state index in [1.54, 1.807) is 24.3 Å². The molecular weight excluding hydrogens is 268 g/mol. The van der Waals surface area contributed by atoms with E-state index in [-0.39, 0.29) is 12.5 Å². The van der Waals surface area contributed by atoms with Crippen LogP contribution in [0.3, 0.4) is 0 Å². The smallest absolute Gasteiger partial charge is 0.311 e. The van der Waals surface area contributed by atoms with E-state index in [9.17, 15) is 14.7 Å². The highest BCUT2D eigenvalue weighted by molar-refractivity contribution is 5.94. The summed E-state index contributed by atoms with van der Waals surface area (Å²) in [5, 5.41) is 12.3. The highest BCUT2D eigenvalue weighted by atomic mass is 16.4. The number of benzene rings is 1. The van der Waals surface area contributed by atoms with Crippen molar-refractivity contribution in [3.05, 3.63) is 29.8 Å². The Morgan fingerprint density at radius 3 is 2.19 bits per heavy atom. The minimum Gasteiger partial charge on any atom is -0.481 e. The van der Waals surface area contributed by atoms with Gasteiger partial charge in [0.25, 0.3) is 5.91 Å². The molecule has 1 aliphatic rings. The van der Waals surface area contributed by atoms with E-state index in [0.717, 1.165) is 25.7 Å². The summed E-state index contributed by atoms with van der Waals surface area (Å²) < 4.78 is 0. The first-order valence-corrected chi connectivity index (χ1v) is 7.41. The second-order valence-corrected chi connectivity index (χ2v) is 5.80. The first-order valence-electron chi connectivity index (χ1n) is 7.41. The molecule has 0 bridgehead atoms. The molecule has 0 heterocycles. The van der Waals surface area contributed by atoms with Gasteiger partial charge in [0.1, 0.15) is 0 Å². The van der Waals surface area contributed by atoms with Crippen molar-refractivity contribution in [3.63, 3.8) is 0 Å². The maximum absolute atomic E-state index is 12.1. The molecule has 1 saturated carbocycles. The third-order valence-corrected chi connectivity index (χ3v) is 4.27. The number of nitrogen functional groups attached to an aromatic ring is 1. The van der Waals surface area contributed by atoms with Gasteiger partial charge in [-0.15, -0.1) is 0 Å². The van der Waals surface area contributed by atoms with Crippen LogP contribution >= 0.6 is 0 Å². The molecule has 5 heteroatoms. The number of rotatable bonds is 4. The van der Waals surface area contributed by atoms with E-state index >= 15 is 0 Å². The van der Waals surface area contributed by atoms with Crippen molar-refractivity contribution in [2.24, 2.45) is 5.41 Å². The van der Waals surface area contributed by atoms with Crippen molar-refractivity contribution >= 4 is 17.6 Å². The van der Waals surface area contributed by atoms with Crippen LogP contribution in [0.2, 0.25) is 0 Å². The zero-order valence-electron chi connectivity index (χ0n) is 12.1. The summed E-state index contributed by atoms with van der Waals surface area (Å²) >= 11 is 0. The fourth-order valence-electron chi connectivity index (χ4n) is 2.86. The molecule has 1 aliphatic carbocycles. The number of hydrogen-bond acceptors (Lipinski definition) is 3. The van der Waals surface area contributed by atoms with Gasteiger partial charge in [-0.3, -0.25) is 9.59 Å². The summed E-state index contributed by atoms with van der Waals surface area (Å²) in [5.74, 6) is -1.05. The molecule has 1 aromatic rings. The third kappa shape index (κ3) is 3.74. The minimum atomic E-state index is -0.819. The maximum atomic E-state index is 12.1. The van der Waals surface area contributed by atoms with Crippen molar-refractivity contribution < 1.29 is 14.7 Å². The summed E-state index contributed by atoms with van der Waals surface area (Å²) in [4.78, 5) is 23.8. The molecule has 0 saturated heterocycles. The minimum absolute atomic E-state index is 0.186. The van der Waals surface area contributed by atoms with Crippen LogP contribution in [0.1, 0.15) is 48.9 Å². The largest absolute Gasteiger partial charge is 0.481 e. The Bertz CT molecular complexity index is 503. The molecule has 0 aliphatic heterocycles. The first-order chi connectivity index (χ1) is 10.0. The number of amides is 1. The predicted molar refractivity (Wildman–Crippen MR) is 81.0 cm³/mol. The molecule has 21 heavy (non-hydrogen) atoms. The fraction of sp³-hybridized carbons (Fsp3) is 0.500. The summed E-state index contributed by atoms with van der Waals surface area (Å²) in [5.41, 5.74) is 5.86. The van der Waals surface area contributed by atoms with Gasteiger partial charge in [-0.05, 0) is 37.1 Å². The topological polar surface area (TPSA) is 92.4 Å². The van der Waals surface area contributed by atoms with Crippen LogP contribution < -0.4 is 11.1 Å². The fourth-order valence-corrected chi connectivity index (χ4v) is 2.86. The monoisotopic (exact) mass is 290 g/mol. The van der Waals surface area contributed by atoms with Crippen molar-refractivity contribution in [1.82, 2.24) is 5.32 Å². The van der Waals surface area contributed by atoms with Crippen LogP contribution in [0, 0.1) is 5.41 Å². The Balaban J connectivity index is 2.02. The molecule has 0 spiro atoms. The Morgan fingerprint density at radius 2 is 1.67 bits per heavy atom. The van der Waals surface area contributed by atoms with Crippen molar-refractivity contribution in [2.45, 2.75) is 38.5 Å². The second-order valence-electron chi connectivity index (χ2n) is 5.80. The second kappa shape index (κ2) is 6.61. The number of hydrogen-bond donors (Lipinski definition) is 3. The van der Waals surface area contributed by atoms with Crippen molar-refractivity contribution in [2.75, 3.05) is 12.3 Å². The lowest BCUT2D eigenvalue weighted by Gasteiger charge is -2.28. The van der Waals surface area contributed by atoms with Gasteiger partial charge in [-0.25, -0.2) is 0 Å². The van der Waals surface area contributed by atoms with Crippen molar-refractivity contribution in [1.29, 1.82) is 0 Å². The summed E-state index contributed by atoms with van der Waals surface area (Å²) in [6, 6.07) is 6.61. The highest BCUT2D eigenvalue weighted by Crippen LogP contribution is 2.34. The van der Waals surface area contributed by atoms with E-state index in [1.165, 1.54) is 0 Å². The van der Waals surface area contributed by atoms with Crippen LogP contribution in [0.25, 0.3) is 0 Å². The first kappa shape index (κ1) is 15.4. The molecule has 1 amide bonds. The van der Waals surface area contributed by atoms with Gasteiger partial charge in [0.05, 0.1) is 5.41 Å². The Labute approximate surface area is 124 Å². The van der Waals surface area contributed by atoms with Gasteiger partial charge in [-0.1, -0.05) is 25.7 Å². The number of carbonyl (C=O) groups is 2. The Hall–Kier alpha value is -2.04. The molecule has 0 atom stereocenters. The van der Waals surface area contributed by atoms with Gasteiger partial charge in [0.15, 0.2) is 0 Å². The van der Waals surface area contributed by atoms with Gasteiger partial charge in [-0.2, -0.15) is 0 Å². The van der Waals surface area contributed by atoms with Gasteiger partial charge >= 0.3 is 5.97 Å². The number of aliphatic carboxylic acids is 1. The molecule has 2 rings (SSSR count). The number of carboxylic acid groups (broad SMARTS) is 1. The van der Waals surface area contributed by atoms with Crippen LogP contribution in [-0.4, -0.2) is 23.5 Å². The summed E-state index contributed by atoms with van der Waals surface area (Å²) in [7, 11) is 0. The average Bonchev–Trinajstić information content (AvgIpc) is 2.72. The number of nitrogens with two attached hydrogens (primary N) is 1. The van der Waals surface area contributed by atoms with E-state index in [2.05, 4.69) is 5.32 Å². The quantitative estimate of drug-likeness (QED) is 0.586. The predicted octanol–water partition coefficient (Wildman–Crippen LogP) is 2.42. The van der Waals surface area contributed by atoms with E-state index in [0.29, 0.717) is 24.1 Å². The highest BCUT2D eigenvalue weighted by Gasteiger charge is 2.38. The van der Waals surface area contributed by atoms with Gasteiger partial charge in [0, 0.05) is 17.8 Å². The van der Waals surface area contributed by atoms with E-state index < -0.39 is 11.4 Å². The molecule has 4 N–H and O–H groups in total. The molecule has 1 fully saturated rings. The zero-order valence-corrected chi connectivity index (χ0v) is 12.1. The van der Waals surface area contributed by atoms with Crippen LogP contribution in [0.5, 0.6) is 0 Å². The normalized spacial score (nSPS) is 17.7. The number of carbonyl (C=O) groups excluding carboxylic acids is 1. The Morgan fingerprint density at radius 1 is 1.10 bits per heavy atom. The number of carboxylic acids is 1. The average molecular weight is 290 g/mol.